The Balaban J connectivity index is 1.59. The van der Waals surface area contributed by atoms with Crippen LogP contribution in [0.25, 0.3) is 0 Å². The molecular weight excluding hydrogens is 327 g/mol. The third kappa shape index (κ3) is 4.43. The van der Waals surface area contributed by atoms with Crippen LogP contribution in [0.5, 0.6) is 0 Å². The van der Waals surface area contributed by atoms with Gasteiger partial charge in [0.1, 0.15) is 11.6 Å². The predicted molar refractivity (Wildman–Crippen MR) is 95.4 cm³/mol. The first kappa shape index (κ1) is 16.2. The van der Waals surface area contributed by atoms with Gasteiger partial charge in [0.25, 0.3) is 0 Å². The van der Waals surface area contributed by atoms with Crippen molar-refractivity contribution in [1.29, 1.82) is 0 Å². The van der Waals surface area contributed by atoms with Crippen LogP contribution in [0, 0.1) is 5.82 Å². The smallest absolute Gasteiger partial charge is 0.229 e. The van der Waals surface area contributed by atoms with Crippen LogP contribution in [0.4, 0.5) is 21.8 Å². The van der Waals surface area contributed by atoms with Crippen LogP contribution in [-0.2, 0) is 6.42 Å². The Labute approximate surface area is 144 Å². The molecule has 2 aromatic carbocycles. The van der Waals surface area contributed by atoms with E-state index in [9.17, 15) is 4.39 Å². The van der Waals surface area contributed by atoms with Crippen LogP contribution in [0.1, 0.15) is 5.56 Å². The fraction of sp³-hybridized carbons (Fsp3) is 0.111. The molecule has 3 aromatic rings. The SMILES string of the molecule is Fc1ccccc1Nc1nccc(NCCc2ccc(Cl)cc2)n1. The Kier molecular flexibility index (Phi) is 5.23. The number of halogens is 2. The molecule has 1 heterocycles. The Morgan fingerprint density at radius 2 is 1.79 bits per heavy atom. The molecule has 0 unspecified atom stereocenters. The normalized spacial score (nSPS) is 10.4. The molecule has 0 aliphatic heterocycles. The average molecular weight is 343 g/mol. The molecule has 0 bridgehead atoms. The monoisotopic (exact) mass is 342 g/mol. The summed E-state index contributed by atoms with van der Waals surface area (Å²) < 4.78 is 13.7. The van der Waals surface area contributed by atoms with Crippen LogP contribution < -0.4 is 10.6 Å². The number of rotatable bonds is 6. The van der Waals surface area contributed by atoms with E-state index in [1.165, 1.54) is 11.6 Å². The Hall–Kier alpha value is -2.66. The summed E-state index contributed by atoms with van der Waals surface area (Å²) in [4.78, 5) is 8.44. The first-order valence-corrected chi connectivity index (χ1v) is 7.91. The van der Waals surface area contributed by atoms with Crippen LogP contribution in [-0.4, -0.2) is 16.5 Å². The number of nitrogens with zero attached hydrogens (tertiary/aromatic N) is 2. The van der Waals surface area contributed by atoms with E-state index < -0.39 is 0 Å². The molecule has 24 heavy (non-hydrogen) atoms. The molecule has 0 amide bonds. The molecule has 122 valence electrons. The Bertz CT molecular complexity index is 808. The molecule has 0 aliphatic carbocycles. The predicted octanol–water partition coefficient (Wildman–Crippen LogP) is 4.67. The number of para-hydroxylation sites is 1. The van der Waals surface area contributed by atoms with Gasteiger partial charge in [-0.15, -0.1) is 0 Å². The van der Waals surface area contributed by atoms with Crippen LogP contribution in [0.2, 0.25) is 5.02 Å². The molecule has 1 aromatic heterocycles. The van der Waals surface area contributed by atoms with Gasteiger partial charge in [-0.3, -0.25) is 0 Å². The zero-order valence-corrected chi connectivity index (χ0v) is 13.6. The zero-order valence-electron chi connectivity index (χ0n) is 12.8. The molecule has 0 radical (unpaired) electrons. The van der Waals surface area contributed by atoms with E-state index >= 15 is 0 Å². The van der Waals surface area contributed by atoms with Crippen LogP contribution >= 0.6 is 11.6 Å². The summed E-state index contributed by atoms with van der Waals surface area (Å²) in [5.74, 6) is 0.677. The van der Waals surface area contributed by atoms with E-state index in [-0.39, 0.29) is 5.82 Å². The van der Waals surface area contributed by atoms with Gasteiger partial charge in [0.15, 0.2) is 0 Å². The fourth-order valence-electron chi connectivity index (χ4n) is 2.19. The molecule has 0 aliphatic rings. The van der Waals surface area contributed by atoms with E-state index in [4.69, 9.17) is 11.6 Å². The lowest BCUT2D eigenvalue weighted by atomic mass is 10.1. The molecule has 2 N–H and O–H groups in total. The minimum absolute atomic E-state index is 0.343. The van der Waals surface area contributed by atoms with Crippen molar-refractivity contribution in [2.24, 2.45) is 0 Å². The van der Waals surface area contributed by atoms with Gasteiger partial charge in [0.2, 0.25) is 5.95 Å². The lowest BCUT2D eigenvalue weighted by Gasteiger charge is -2.09. The van der Waals surface area contributed by atoms with Crippen molar-refractivity contribution in [3.63, 3.8) is 0 Å². The molecule has 0 spiro atoms. The summed E-state index contributed by atoms with van der Waals surface area (Å²) in [7, 11) is 0. The third-order valence-corrected chi connectivity index (χ3v) is 3.66. The van der Waals surface area contributed by atoms with Gasteiger partial charge in [-0.1, -0.05) is 35.9 Å². The first-order chi connectivity index (χ1) is 11.7. The van der Waals surface area contributed by atoms with E-state index in [0.717, 1.165) is 18.0 Å². The number of hydrogen-bond donors (Lipinski definition) is 2. The highest BCUT2D eigenvalue weighted by atomic mass is 35.5. The first-order valence-electron chi connectivity index (χ1n) is 7.53. The summed E-state index contributed by atoms with van der Waals surface area (Å²) in [5.41, 5.74) is 1.53. The Morgan fingerprint density at radius 1 is 1.00 bits per heavy atom. The molecule has 0 saturated heterocycles. The standard InChI is InChI=1S/C18H16ClFN4/c19-14-7-5-13(6-8-14)9-11-21-17-10-12-22-18(24-17)23-16-4-2-1-3-15(16)20/h1-8,10,12H,9,11H2,(H2,21,22,23,24). The lowest BCUT2D eigenvalue weighted by molar-refractivity contribution is 0.631. The van der Waals surface area contributed by atoms with Crippen molar-refractivity contribution in [3.8, 4) is 0 Å². The van der Waals surface area contributed by atoms with Gasteiger partial charge in [-0.25, -0.2) is 9.37 Å². The summed E-state index contributed by atoms with van der Waals surface area (Å²) in [5, 5.41) is 6.83. The fourth-order valence-corrected chi connectivity index (χ4v) is 2.31. The maximum atomic E-state index is 13.7. The molecule has 6 heteroatoms. The zero-order chi connectivity index (χ0) is 16.8. The second-order valence-corrected chi connectivity index (χ2v) is 5.61. The molecular formula is C18H16ClFN4. The van der Waals surface area contributed by atoms with Gasteiger partial charge in [0, 0.05) is 17.8 Å². The molecule has 3 rings (SSSR count). The molecule has 0 saturated carbocycles. The number of nitrogens with one attached hydrogen (secondary N) is 2. The molecule has 4 nitrogen and oxygen atoms in total. The maximum Gasteiger partial charge on any atom is 0.229 e. The van der Waals surface area contributed by atoms with Crippen molar-refractivity contribution >= 4 is 29.1 Å². The van der Waals surface area contributed by atoms with Crippen LogP contribution in [0.15, 0.2) is 60.8 Å². The number of anilines is 3. The van der Waals surface area contributed by atoms with Gasteiger partial charge in [-0.05, 0) is 42.3 Å². The summed E-state index contributed by atoms with van der Waals surface area (Å²) >= 11 is 5.87. The topological polar surface area (TPSA) is 49.8 Å². The van der Waals surface area contributed by atoms with E-state index in [1.807, 2.05) is 24.3 Å². The summed E-state index contributed by atoms with van der Waals surface area (Å²) in [6, 6.07) is 15.9. The second-order valence-electron chi connectivity index (χ2n) is 5.17. The van der Waals surface area contributed by atoms with Crippen LogP contribution in [0.3, 0.4) is 0 Å². The van der Waals surface area contributed by atoms with E-state index in [2.05, 4.69) is 20.6 Å². The van der Waals surface area contributed by atoms with E-state index in [0.29, 0.717) is 17.5 Å². The highest BCUT2D eigenvalue weighted by Crippen LogP contribution is 2.17. The lowest BCUT2D eigenvalue weighted by Crippen LogP contribution is -2.08. The number of aromatic nitrogens is 2. The summed E-state index contributed by atoms with van der Waals surface area (Å²) in [6.45, 7) is 0.720. The highest BCUT2D eigenvalue weighted by Gasteiger charge is 2.04. The summed E-state index contributed by atoms with van der Waals surface area (Å²) in [6.07, 6.45) is 2.47. The number of benzene rings is 2. The minimum atomic E-state index is -0.345. The van der Waals surface area contributed by atoms with E-state index in [1.54, 1.807) is 30.5 Å². The molecule has 0 atom stereocenters. The highest BCUT2D eigenvalue weighted by molar-refractivity contribution is 6.30. The van der Waals surface area contributed by atoms with Crippen molar-refractivity contribution in [1.82, 2.24) is 9.97 Å². The van der Waals surface area contributed by atoms with Gasteiger partial charge in [0.05, 0.1) is 5.69 Å². The second kappa shape index (κ2) is 7.75. The largest absolute Gasteiger partial charge is 0.370 e. The Morgan fingerprint density at radius 3 is 2.58 bits per heavy atom. The quantitative estimate of drug-likeness (QED) is 0.683. The van der Waals surface area contributed by atoms with Gasteiger partial charge < -0.3 is 10.6 Å². The average Bonchev–Trinajstić information content (AvgIpc) is 2.59. The van der Waals surface area contributed by atoms with Crippen molar-refractivity contribution in [2.75, 3.05) is 17.2 Å². The van der Waals surface area contributed by atoms with Crippen molar-refractivity contribution in [3.05, 3.63) is 77.2 Å². The van der Waals surface area contributed by atoms with Gasteiger partial charge >= 0.3 is 0 Å². The maximum absolute atomic E-state index is 13.7. The third-order valence-electron chi connectivity index (χ3n) is 3.41. The minimum Gasteiger partial charge on any atom is -0.370 e. The number of hydrogen-bond acceptors (Lipinski definition) is 4. The van der Waals surface area contributed by atoms with Crippen molar-refractivity contribution in [2.45, 2.75) is 6.42 Å². The van der Waals surface area contributed by atoms with Gasteiger partial charge in [-0.2, -0.15) is 4.98 Å². The van der Waals surface area contributed by atoms with Crippen molar-refractivity contribution < 1.29 is 4.39 Å². The molecule has 0 fully saturated rings.